The molecular weight excluding hydrogens is 326 g/mol. The van der Waals surface area contributed by atoms with E-state index in [0.29, 0.717) is 5.92 Å². The third-order valence-electron chi connectivity index (χ3n) is 4.75. The lowest BCUT2D eigenvalue weighted by Gasteiger charge is -2.21. The fraction of sp³-hybridized carbons (Fsp3) is 0.565. The summed E-state index contributed by atoms with van der Waals surface area (Å²) in [5.74, 6) is 0.558. The normalized spacial score (nSPS) is 20.8. The summed E-state index contributed by atoms with van der Waals surface area (Å²) in [4.78, 5) is 0. The van der Waals surface area contributed by atoms with E-state index >= 15 is 0 Å². The predicted molar refractivity (Wildman–Crippen MR) is 113 cm³/mol. The Morgan fingerprint density at radius 3 is 2.24 bits per heavy atom. The highest BCUT2D eigenvalue weighted by atomic mass is 35.5. The van der Waals surface area contributed by atoms with E-state index in [1.54, 1.807) is 0 Å². The summed E-state index contributed by atoms with van der Waals surface area (Å²) >= 11 is 5.99. The zero-order valence-electron chi connectivity index (χ0n) is 16.5. The molecule has 0 radical (unpaired) electrons. The minimum atomic E-state index is 0.558. The van der Waals surface area contributed by atoms with Crippen molar-refractivity contribution in [3.8, 4) is 0 Å². The van der Waals surface area contributed by atoms with Gasteiger partial charge in [0.25, 0.3) is 0 Å². The Morgan fingerprint density at radius 1 is 1.08 bits per heavy atom. The molecule has 1 nitrogen and oxygen atoms in total. The fourth-order valence-corrected chi connectivity index (χ4v) is 3.50. The molecule has 140 valence electrons. The van der Waals surface area contributed by atoms with Crippen LogP contribution in [0.1, 0.15) is 77.7 Å². The van der Waals surface area contributed by atoms with Crippen molar-refractivity contribution < 1.29 is 0 Å². The third kappa shape index (κ3) is 8.25. The molecule has 1 aromatic carbocycles. The first kappa shape index (κ1) is 22.0. The van der Waals surface area contributed by atoms with Crippen LogP contribution < -0.4 is 5.32 Å². The van der Waals surface area contributed by atoms with E-state index in [1.807, 2.05) is 19.9 Å². The molecule has 3 rings (SSSR count). The average molecular weight is 362 g/mol. The van der Waals surface area contributed by atoms with Gasteiger partial charge in [-0.15, -0.1) is 0 Å². The van der Waals surface area contributed by atoms with Gasteiger partial charge in [0.2, 0.25) is 0 Å². The molecule has 1 N–H and O–H groups in total. The molecule has 0 saturated carbocycles. The highest BCUT2D eigenvalue weighted by Gasteiger charge is 2.16. The molecule has 0 aromatic heterocycles. The van der Waals surface area contributed by atoms with Crippen LogP contribution in [0.25, 0.3) is 0 Å². The predicted octanol–water partition coefficient (Wildman–Crippen LogP) is 7.20. The van der Waals surface area contributed by atoms with Crippen LogP contribution in [-0.4, -0.2) is 12.6 Å². The second-order valence-electron chi connectivity index (χ2n) is 6.58. The van der Waals surface area contributed by atoms with E-state index in [0.717, 1.165) is 30.3 Å². The Hall–Kier alpha value is -1.05. The molecule has 0 bridgehead atoms. The van der Waals surface area contributed by atoms with Crippen LogP contribution in [0.2, 0.25) is 0 Å². The summed E-state index contributed by atoms with van der Waals surface area (Å²) in [5.41, 5.74) is 2.93. The van der Waals surface area contributed by atoms with Crippen LogP contribution in [0.3, 0.4) is 0 Å². The third-order valence-corrected chi connectivity index (χ3v) is 5.06. The van der Waals surface area contributed by atoms with Gasteiger partial charge in [0.15, 0.2) is 0 Å². The summed E-state index contributed by atoms with van der Waals surface area (Å²) in [6.07, 6.45) is 11.7. The number of allylic oxidation sites excluding steroid dienone is 4. The fourth-order valence-electron chi connectivity index (χ4n) is 3.34. The van der Waals surface area contributed by atoms with Crippen molar-refractivity contribution in [2.75, 3.05) is 6.54 Å². The molecule has 2 aliphatic rings. The maximum Gasteiger partial charge on any atom is 0.0184 e. The number of hydrogen-bond donors (Lipinski definition) is 1. The summed E-state index contributed by atoms with van der Waals surface area (Å²) in [7, 11) is 0. The minimum absolute atomic E-state index is 0.558. The Labute approximate surface area is 160 Å². The second kappa shape index (κ2) is 13.2. The number of nitrogens with one attached hydrogen (secondary N) is 1. The standard InChI is InChI=1S/C15H17Cl.C6H13N.C2H6/c1-2-15(12-6-4-3-5-7-12)13-8-10-14(16)11-9-13;1-6-4-2-3-5-7-6;1-2/h3-8,10,15H,2,9,11H2,1H3;6-7H,2-5H2,1H3;1-2H3. The highest BCUT2D eigenvalue weighted by molar-refractivity contribution is 6.29. The van der Waals surface area contributed by atoms with E-state index < -0.39 is 0 Å². The van der Waals surface area contributed by atoms with Crippen LogP contribution >= 0.6 is 11.6 Å². The number of rotatable bonds is 3. The highest BCUT2D eigenvalue weighted by Crippen LogP contribution is 2.34. The van der Waals surface area contributed by atoms with Gasteiger partial charge in [0.05, 0.1) is 0 Å². The van der Waals surface area contributed by atoms with Gasteiger partial charge in [-0.3, -0.25) is 0 Å². The first-order chi connectivity index (χ1) is 12.2. The van der Waals surface area contributed by atoms with Gasteiger partial charge >= 0.3 is 0 Å². The Balaban J connectivity index is 0.000000290. The Bertz CT molecular complexity index is 512. The molecule has 25 heavy (non-hydrogen) atoms. The van der Waals surface area contributed by atoms with E-state index in [-0.39, 0.29) is 0 Å². The van der Waals surface area contributed by atoms with Gasteiger partial charge in [-0.1, -0.05) is 80.8 Å². The smallest absolute Gasteiger partial charge is 0.0184 e. The minimum Gasteiger partial charge on any atom is -0.314 e. The zero-order valence-corrected chi connectivity index (χ0v) is 17.3. The average Bonchev–Trinajstić information content (AvgIpc) is 2.68. The van der Waals surface area contributed by atoms with Gasteiger partial charge in [0, 0.05) is 17.0 Å². The maximum atomic E-state index is 5.99. The summed E-state index contributed by atoms with van der Waals surface area (Å²) < 4.78 is 0. The lowest BCUT2D eigenvalue weighted by molar-refractivity contribution is 0.425. The summed E-state index contributed by atoms with van der Waals surface area (Å²) in [6.45, 7) is 9.73. The zero-order chi connectivity index (χ0) is 18.5. The molecule has 1 aliphatic heterocycles. The van der Waals surface area contributed by atoms with Crippen LogP contribution in [-0.2, 0) is 0 Å². The maximum absolute atomic E-state index is 5.99. The van der Waals surface area contributed by atoms with Gasteiger partial charge in [-0.25, -0.2) is 0 Å². The monoisotopic (exact) mass is 361 g/mol. The molecule has 1 aromatic rings. The summed E-state index contributed by atoms with van der Waals surface area (Å²) in [5, 5.41) is 4.36. The van der Waals surface area contributed by atoms with Crippen LogP contribution in [0, 0.1) is 0 Å². The molecule has 2 heteroatoms. The van der Waals surface area contributed by atoms with Gasteiger partial charge < -0.3 is 5.32 Å². The van der Waals surface area contributed by atoms with E-state index in [2.05, 4.69) is 55.6 Å². The van der Waals surface area contributed by atoms with Gasteiger partial charge in [-0.2, -0.15) is 0 Å². The van der Waals surface area contributed by atoms with Crippen molar-refractivity contribution >= 4 is 11.6 Å². The SMILES string of the molecule is CC.CC1CCCCN1.CCC(C1=CC=C(Cl)CC1)c1ccccc1. The van der Waals surface area contributed by atoms with E-state index in [9.17, 15) is 0 Å². The van der Waals surface area contributed by atoms with Gasteiger partial charge in [0.1, 0.15) is 0 Å². The number of halogens is 1. The Morgan fingerprint density at radius 2 is 1.80 bits per heavy atom. The number of benzene rings is 1. The topological polar surface area (TPSA) is 12.0 Å². The molecule has 0 spiro atoms. The van der Waals surface area contributed by atoms with E-state index in [4.69, 9.17) is 11.6 Å². The molecule has 0 amide bonds. The molecule has 2 atom stereocenters. The van der Waals surface area contributed by atoms with E-state index in [1.165, 1.54) is 36.9 Å². The molecule has 1 aliphatic carbocycles. The summed E-state index contributed by atoms with van der Waals surface area (Å²) in [6, 6.07) is 11.5. The van der Waals surface area contributed by atoms with Crippen molar-refractivity contribution in [2.24, 2.45) is 0 Å². The molecule has 1 fully saturated rings. The first-order valence-corrected chi connectivity index (χ1v) is 10.4. The number of hydrogen-bond acceptors (Lipinski definition) is 1. The molecule has 1 heterocycles. The Kier molecular flexibility index (Phi) is 11.6. The lowest BCUT2D eigenvalue weighted by Crippen LogP contribution is -2.30. The van der Waals surface area contributed by atoms with Crippen molar-refractivity contribution in [1.29, 1.82) is 0 Å². The van der Waals surface area contributed by atoms with Crippen LogP contribution in [0.5, 0.6) is 0 Å². The van der Waals surface area contributed by atoms with Gasteiger partial charge in [-0.05, 0) is 57.2 Å². The molecular formula is C23H36ClN. The van der Waals surface area contributed by atoms with Crippen molar-refractivity contribution in [3.05, 3.63) is 58.7 Å². The first-order valence-electron chi connectivity index (χ1n) is 10.0. The molecule has 2 unspecified atom stereocenters. The quantitative estimate of drug-likeness (QED) is 0.600. The second-order valence-corrected chi connectivity index (χ2v) is 7.06. The number of piperidine rings is 1. The van der Waals surface area contributed by atoms with Crippen LogP contribution in [0.15, 0.2) is 53.1 Å². The lowest BCUT2D eigenvalue weighted by atomic mass is 9.85. The largest absolute Gasteiger partial charge is 0.314 e. The molecule has 1 saturated heterocycles. The van der Waals surface area contributed by atoms with Crippen molar-refractivity contribution in [1.82, 2.24) is 5.32 Å². The van der Waals surface area contributed by atoms with Crippen molar-refractivity contribution in [2.45, 2.75) is 78.2 Å². The van der Waals surface area contributed by atoms with Crippen molar-refractivity contribution in [3.63, 3.8) is 0 Å². The van der Waals surface area contributed by atoms with Crippen LogP contribution in [0.4, 0.5) is 0 Å².